The lowest BCUT2D eigenvalue weighted by Crippen LogP contribution is -2.42. The van der Waals surface area contributed by atoms with E-state index in [9.17, 15) is 4.79 Å². The zero-order valence-corrected chi connectivity index (χ0v) is 15.7. The third-order valence-electron chi connectivity index (χ3n) is 4.61. The van der Waals surface area contributed by atoms with Gasteiger partial charge in [0.05, 0.1) is 0 Å². The maximum atomic E-state index is 12.1. The summed E-state index contributed by atoms with van der Waals surface area (Å²) in [5, 5.41) is 4.14. The Labute approximate surface area is 154 Å². The molecule has 1 atom stereocenters. The number of carbonyl (C=O) groups excluding carboxylic acids is 1. The number of nitrogens with one attached hydrogen (secondary N) is 1. The smallest absolute Gasteiger partial charge is 0.220 e. The second kappa shape index (κ2) is 9.62. The number of hydrogen-bond acceptors (Lipinski definition) is 3. The Morgan fingerprint density at radius 1 is 1.29 bits per heavy atom. The van der Waals surface area contributed by atoms with E-state index in [0.29, 0.717) is 28.9 Å². The van der Waals surface area contributed by atoms with Crippen LogP contribution >= 0.6 is 23.2 Å². The minimum Gasteiger partial charge on any atom is -0.352 e. The summed E-state index contributed by atoms with van der Waals surface area (Å²) in [6.45, 7) is 5.62. The van der Waals surface area contributed by atoms with Gasteiger partial charge in [0.25, 0.3) is 0 Å². The molecule has 1 fully saturated rings. The standard InChI is InChI=1S/C18H27Cl2N3O/c1-2-17(21)12-23-5-3-13(4-6-23)9-18(24)22-11-14-7-15(19)10-16(20)8-14/h7-8,10,13,17H,2-6,9,11-12,21H2,1H3,(H,22,24). The fourth-order valence-electron chi connectivity index (χ4n) is 3.08. The molecule has 1 amide bonds. The summed E-state index contributed by atoms with van der Waals surface area (Å²) in [6, 6.07) is 5.59. The summed E-state index contributed by atoms with van der Waals surface area (Å²) >= 11 is 11.9. The summed E-state index contributed by atoms with van der Waals surface area (Å²) in [5.41, 5.74) is 6.93. The first kappa shape index (κ1) is 19.5. The Kier molecular flexibility index (Phi) is 7.82. The number of nitrogens with zero attached hydrogens (tertiary/aromatic N) is 1. The fraction of sp³-hybridized carbons (Fsp3) is 0.611. The zero-order valence-electron chi connectivity index (χ0n) is 14.2. The summed E-state index contributed by atoms with van der Waals surface area (Å²) in [6.07, 6.45) is 3.72. The molecule has 2 rings (SSSR count). The van der Waals surface area contributed by atoms with Crippen LogP contribution in [0.3, 0.4) is 0 Å². The summed E-state index contributed by atoms with van der Waals surface area (Å²) in [5.74, 6) is 0.553. The van der Waals surface area contributed by atoms with Crippen molar-refractivity contribution in [1.82, 2.24) is 10.2 Å². The monoisotopic (exact) mass is 371 g/mol. The Balaban J connectivity index is 1.70. The van der Waals surface area contributed by atoms with Gasteiger partial charge in [-0.15, -0.1) is 0 Å². The molecule has 1 heterocycles. The first-order valence-corrected chi connectivity index (χ1v) is 9.41. The number of piperidine rings is 1. The van der Waals surface area contributed by atoms with Crippen molar-refractivity contribution < 1.29 is 4.79 Å². The van der Waals surface area contributed by atoms with E-state index in [-0.39, 0.29) is 11.9 Å². The number of hydrogen-bond donors (Lipinski definition) is 2. The zero-order chi connectivity index (χ0) is 17.5. The van der Waals surface area contributed by atoms with Gasteiger partial charge in [0.15, 0.2) is 0 Å². The van der Waals surface area contributed by atoms with Crippen molar-refractivity contribution in [3.05, 3.63) is 33.8 Å². The maximum Gasteiger partial charge on any atom is 0.220 e. The summed E-state index contributed by atoms with van der Waals surface area (Å²) < 4.78 is 0. The van der Waals surface area contributed by atoms with Crippen LogP contribution in [0.25, 0.3) is 0 Å². The normalized spacial score (nSPS) is 17.7. The molecular weight excluding hydrogens is 345 g/mol. The molecule has 6 heteroatoms. The lowest BCUT2D eigenvalue weighted by Gasteiger charge is -2.33. The van der Waals surface area contributed by atoms with Gasteiger partial charge < -0.3 is 16.0 Å². The number of rotatable bonds is 7. The number of nitrogens with two attached hydrogens (primary N) is 1. The van der Waals surface area contributed by atoms with E-state index < -0.39 is 0 Å². The van der Waals surface area contributed by atoms with Crippen LogP contribution in [0.5, 0.6) is 0 Å². The lowest BCUT2D eigenvalue weighted by atomic mass is 9.93. The molecule has 134 valence electrons. The molecule has 1 aromatic carbocycles. The van der Waals surface area contributed by atoms with Gasteiger partial charge in [-0.05, 0) is 62.0 Å². The van der Waals surface area contributed by atoms with Gasteiger partial charge in [0.1, 0.15) is 0 Å². The van der Waals surface area contributed by atoms with E-state index >= 15 is 0 Å². The average molecular weight is 372 g/mol. The Hall–Kier alpha value is -0.810. The van der Waals surface area contributed by atoms with Crippen molar-refractivity contribution in [3.8, 4) is 0 Å². The van der Waals surface area contributed by atoms with Crippen LogP contribution in [0.15, 0.2) is 18.2 Å². The molecule has 1 saturated heterocycles. The van der Waals surface area contributed by atoms with Gasteiger partial charge in [-0.2, -0.15) is 0 Å². The van der Waals surface area contributed by atoms with Gasteiger partial charge in [-0.25, -0.2) is 0 Å². The molecule has 0 saturated carbocycles. The first-order valence-electron chi connectivity index (χ1n) is 8.66. The number of benzene rings is 1. The molecule has 0 aromatic heterocycles. The highest BCUT2D eigenvalue weighted by atomic mass is 35.5. The second-order valence-electron chi connectivity index (χ2n) is 6.67. The molecule has 4 nitrogen and oxygen atoms in total. The molecule has 3 N–H and O–H groups in total. The summed E-state index contributed by atoms with van der Waals surface area (Å²) in [4.78, 5) is 14.6. The highest BCUT2D eigenvalue weighted by Gasteiger charge is 2.22. The number of likely N-dealkylation sites (tertiary alicyclic amines) is 1. The number of halogens is 2. The second-order valence-corrected chi connectivity index (χ2v) is 7.54. The minimum absolute atomic E-state index is 0.0924. The predicted octanol–water partition coefficient (Wildman–Crippen LogP) is 3.45. The van der Waals surface area contributed by atoms with Gasteiger partial charge in [0, 0.05) is 35.6 Å². The largest absolute Gasteiger partial charge is 0.352 e. The van der Waals surface area contributed by atoms with Crippen LogP contribution in [0.2, 0.25) is 10.0 Å². The molecule has 0 radical (unpaired) electrons. The Bertz CT molecular complexity index is 525. The van der Waals surface area contributed by atoms with Crippen molar-refractivity contribution in [2.75, 3.05) is 19.6 Å². The molecule has 0 spiro atoms. The van der Waals surface area contributed by atoms with Crippen molar-refractivity contribution >= 4 is 29.1 Å². The number of carbonyl (C=O) groups is 1. The van der Waals surface area contributed by atoms with Gasteiger partial charge in [-0.1, -0.05) is 30.1 Å². The quantitative estimate of drug-likeness (QED) is 0.771. The third-order valence-corrected chi connectivity index (χ3v) is 5.05. The number of amides is 1. The molecule has 0 aliphatic carbocycles. The molecule has 1 aliphatic heterocycles. The van der Waals surface area contributed by atoms with E-state index in [1.807, 2.05) is 12.1 Å². The predicted molar refractivity (Wildman–Crippen MR) is 100 cm³/mol. The van der Waals surface area contributed by atoms with Crippen LogP contribution < -0.4 is 11.1 Å². The van der Waals surface area contributed by atoms with Crippen LogP contribution in [0, 0.1) is 5.92 Å². The van der Waals surface area contributed by atoms with E-state index in [4.69, 9.17) is 28.9 Å². The van der Waals surface area contributed by atoms with E-state index in [0.717, 1.165) is 44.5 Å². The van der Waals surface area contributed by atoms with Crippen LogP contribution in [-0.2, 0) is 11.3 Å². The van der Waals surface area contributed by atoms with Crippen molar-refractivity contribution in [3.63, 3.8) is 0 Å². The van der Waals surface area contributed by atoms with Crippen LogP contribution in [0.1, 0.15) is 38.2 Å². The molecule has 1 aromatic rings. The molecule has 24 heavy (non-hydrogen) atoms. The van der Waals surface area contributed by atoms with Gasteiger partial charge in [0.2, 0.25) is 5.91 Å². The highest BCUT2D eigenvalue weighted by Crippen LogP contribution is 2.21. The van der Waals surface area contributed by atoms with E-state index in [1.165, 1.54) is 0 Å². The first-order chi connectivity index (χ1) is 11.5. The van der Waals surface area contributed by atoms with Gasteiger partial charge in [-0.3, -0.25) is 4.79 Å². The molecule has 1 unspecified atom stereocenters. The highest BCUT2D eigenvalue weighted by molar-refractivity contribution is 6.34. The van der Waals surface area contributed by atoms with Crippen molar-refractivity contribution in [1.29, 1.82) is 0 Å². The van der Waals surface area contributed by atoms with Crippen LogP contribution in [0.4, 0.5) is 0 Å². The van der Waals surface area contributed by atoms with Crippen molar-refractivity contribution in [2.24, 2.45) is 11.7 Å². The molecule has 0 bridgehead atoms. The van der Waals surface area contributed by atoms with E-state index in [2.05, 4.69) is 17.1 Å². The molecule has 1 aliphatic rings. The van der Waals surface area contributed by atoms with Gasteiger partial charge >= 0.3 is 0 Å². The molecular formula is C18H27Cl2N3O. The van der Waals surface area contributed by atoms with Crippen LogP contribution in [-0.4, -0.2) is 36.5 Å². The van der Waals surface area contributed by atoms with Crippen molar-refractivity contribution in [2.45, 2.75) is 45.2 Å². The third kappa shape index (κ3) is 6.60. The lowest BCUT2D eigenvalue weighted by molar-refractivity contribution is -0.122. The van der Waals surface area contributed by atoms with E-state index in [1.54, 1.807) is 6.07 Å². The average Bonchev–Trinajstić information content (AvgIpc) is 2.54. The summed E-state index contributed by atoms with van der Waals surface area (Å²) in [7, 11) is 0. The Morgan fingerprint density at radius 2 is 1.92 bits per heavy atom. The topological polar surface area (TPSA) is 58.4 Å². The fourth-order valence-corrected chi connectivity index (χ4v) is 3.65. The SMILES string of the molecule is CCC(N)CN1CCC(CC(=O)NCc2cc(Cl)cc(Cl)c2)CC1. The Morgan fingerprint density at radius 3 is 2.50 bits per heavy atom. The minimum atomic E-state index is 0.0924. The maximum absolute atomic E-state index is 12.1.